The minimum Gasteiger partial charge on any atom is -0.381 e. The second-order valence-electron chi connectivity index (χ2n) is 4.91. The van der Waals surface area contributed by atoms with Gasteiger partial charge in [0.15, 0.2) is 0 Å². The summed E-state index contributed by atoms with van der Waals surface area (Å²) in [7, 11) is 0. The van der Waals surface area contributed by atoms with Gasteiger partial charge in [0.05, 0.1) is 0 Å². The smallest absolute Gasteiger partial charge is 0.0400 e. The first kappa shape index (κ1) is 12.7. The van der Waals surface area contributed by atoms with Crippen LogP contribution < -0.4 is 5.32 Å². The van der Waals surface area contributed by atoms with Gasteiger partial charge in [0.1, 0.15) is 0 Å². The fourth-order valence-corrected chi connectivity index (χ4v) is 1.91. The number of anilines is 1. The predicted octanol–water partition coefficient (Wildman–Crippen LogP) is 4.60. The van der Waals surface area contributed by atoms with Crippen molar-refractivity contribution in [1.29, 1.82) is 0 Å². The maximum absolute atomic E-state index is 4.01. The molecule has 0 unspecified atom stereocenters. The average molecular weight is 238 g/mol. The molecule has 1 radical (unpaired) electrons. The molecule has 0 aliphatic rings. The Morgan fingerprint density at radius 2 is 1.67 bits per heavy atom. The summed E-state index contributed by atoms with van der Waals surface area (Å²) in [5.41, 5.74) is 4.82. The van der Waals surface area contributed by atoms with Crippen molar-refractivity contribution in [2.24, 2.45) is 0 Å². The summed E-state index contributed by atoms with van der Waals surface area (Å²) < 4.78 is 0. The molecule has 0 amide bonds. The molecular weight excluding hydrogens is 218 g/mol. The lowest BCUT2D eigenvalue weighted by atomic mass is 10.0. The molecule has 0 saturated carbocycles. The van der Waals surface area contributed by atoms with Crippen molar-refractivity contribution >= 4 is 5.69 Å². The molecule has 0 saturated heterocycles. The molecule has 2 aromatic rings. The molecule has 0 aromatic heterocycles. The average Bonchev–Trinajstić information content (AvgIpc) is 2.38. The number of para-hydroxylation sites is 1. The van der Waals surface area contributed by atoms with E-state index >= 15 is 0 Å². The van der Waals surface area contributed by atoms with Crippen molar-refractivity contribution in [3.63, 3.8) is 0 Å². The molecule has 2 rings (SSSR count). The SMILES string of the molecule is [CH2]c1ccccc1NCc1ccc(C(C)C)cc1. The number of hydrogen-bond acceptors (Lipinski definition) is 1. The molecule has 0 bridgehead atoms. The quantitative estimate of drug-likeness (QED) is 0.820. The van der Waals surface area contributed by atoms with E-state index in [1.54, 1.807) is 0 Å². The second kappa shape index (κ2) is 5.72. The van der Waals surface area contributed by atoms with E-state index in [0.29, 0.717) is 5.92 Å². The lowest BCUT2D eigenvalue weighted by Crippen LogP contribution is -2.01. The third-order valence-electron chi connectivity index (χ3n) is 3.15. The van der Waals surface area contributed by atoms with Gasteiger partial charge in [-0.25, -0.2) is 0 Å². The van der Waals surface area contributed by atoms with Crippen LogP contribution in [0.1, 0.15) is 36.5 Å². The third-order valence-corrected chi connectivity index (χ3v) is 3.15. The van der Waals surface area contributed by atoms with Gasteiger partial charge in [0, 0.05) is 12.2 Å². The van der Waals surface area contributed by atoms with Gasteiger partial charge in [0.2, 0.25) is 0 Å². The van der Waals surface area contributed by atoms with E-state index in [-0.39, 0.29) is 0 Å². The summed E-state index contributed by atoms with van der Waals surface area (Å²) in [5.74, 6) is 0.590. The highest BCUT2D eigenvalue weighted by molar-refractivity contribution is 5.52. The fourth-order valence-electron chi connectivity index (χ4n) is 1.91. The molecule has 2 aromatic carbocycles. The van der Waals surface area contributed by atoms with Crippen molar-refractivity contribution in [2.75, 3.05) is 5.32 Å². The molecule has 0 atom stereocenters. The lowest BCUT2D eigenvalue weighted by molar-refractivity contribution is 0.865. The minimum atomic E-state index is 0.590. The van der Waals surface area contributed by atoms with Gasteiger partial charge in [-0.15, -0.1) is 0 Å². The van der Waals surface area contributed by atoms with E-state index in [1.807, 2.05) is 18.2 Å². The summed E-state index contributed by atoms with van der Waals surface area (Å²) in [5, 5.41) is 3.42. The van der Waals surface area contributed by atoms with Crippen LogP contribution in [-0.4, -0.2) is 0 Å². The number of nitrogens with one attached hydrogen (secondary N) is 1. The molecule has 0 heterocycles. The van der Waals surface area contributed by atoms with Crippen LogP contribution in [0.25, 0.3) is 0 Å². The Balaban J connectivity index is 2.00. The van der Waals surface area contributed by atoms with E-state index in [0.717, 1.165) is 17.8 Å². The molecule has 1 heteroatoms. The van der Waals surface area contributed by atoms with Crippen molar-refractivity contribution in [3.05, 3.63) is 72.1 Å². The highest BCUT2D eigenvalue weighted by Gasteiger charge is 2.00. The van der Waals surface area contributed by atoms with E-state index in [9.17, 15) is 0 Å². The second-order valence-corrected chi connectivity index (χ2v) is 4.91. The molecule has 0 aliphatic heterocycles. The summed E-state index contributed by atoms with van der Waals surface area (Å²) in [6.45, 7) is 9.27. The fraction of sp³-hybridized carbons (Fsp3) is 0.235. The number of benzene rings is 2. The molecule has 0 spiro atoms. The topological polar surface area (TPSA) is 12.0 Å². The van der Waals surface area contributed by atoms with Gasteiger partial charge in [-0.05, 0) is 35.6 Å². The maximum Gasteiger partial charge on any atom is 0.0400 e. The molecule has 18 heavy (non-hydrogen) atoms. The summed E-state index contributed by atoms with van der Waals surface area (Å²) >= 11 is 0. The lowest BCUT2D eigenvalue weighted by Gasteiger charge is -2.10. The molecule has 93 valence electrons. The first-order valence-electron chi connectivity index (χ1n) is 6.40. The first-order chi connectivity index (χ1) is 8.66. The zero-order valence-corrected chi connectivity index (χ0v) is 11.1. The summed E-state index contributed by atoms with van der Waals surface area (Å²) in [6, 6.07) is 16.9. The van der Waals surface area contributed by atoms with Crippen LogP contribution in [0.4, 0.5) is 5.69 Å². The van der Waals surface area contributed by atoms with Crippen LogP contribution in [0.5, 0.6) is 0 Å². The minimum absolute atomic E-state index is 0.590. The Hall–Kier alpha value is -1.76. The first-order valence-corrected chi connectivity index (χ1v) is 6.40. The maximum atomic E-state index is 4.01. The van der Waals surface area contributed by atoms with Crippen LogP contribution in [0.15, 0.2) is 48.5 Å². The Bertz CT molecular complexity index is 497. The molecule has 1 nitrogen and oxygen atoms in total. The highest BCUT2D eigenvalue weighted by atomic mass is 14.9. The van der Waals surface area contributed by atoms with Gasteiger partial charge >= 0.3 is 0 Å². The Kier molecular flexibility index (Phi) is 4.03. The Morgan fingerprint density at radius 3 is 2.28 bits per heavy atom. The van der Waals surface area contributed by atoms with Crippen LogP contribution in [-0.2, 0) is 6.54 Å². The highest BCUT2D eigenvalue weighted by Crippen LogP contribution is 2.17. The largest absolute Gasteiger partial charge is 0.381 e. The molecule has 1 N–H and O–H groups in total. The monoisotopic (exact) mass is 238 g/mol. The van der Waals surface area contributed by atoms with E-state index < -0.39 is 0 Å². The van der Waals surface area contributed by atoms with E-state index in [2.05, 4.69) is 56.4 Å². The van der Waals surface area contributed by atoms with Crippen LogP contribution in [0.2, 0.25) is 0 Å². The molecule has 0 aliphatic carbocycles. The van der Waals surface area contributed by atoms with Gasteiger partial charge in [0.25, 0.3) is 0 Å². The third kappa shape index (κ3) is 3.13. The zero-order chi connectivity index (χ0) is 13.0. The molecule has 0 fully saturated rings. The normalized spacial score (nSPS) is 10.7. The van der Waals surface area contributed by atoms with Crippen molar-refractivity contribution < 1.29 is 0 Å². The van der Waals surface area contributed by atoms with Gasteiger partial charge < -0.3 is 5.32 Å². The van der Waals surface area contributed by atoms with Gasteiger partial charge in [-0.3, -0.25) is 0 Å². The van der Waals surface area contributed by atoms with Crippen LogP contribution >= 0.6 is 0 Å². The van der Waals surface area contributed by atoms with Crippen molar-refractivity contribution in [1.82, 2.24) is 0 Å². The van der Waals surface area contributed by atoms with Gasteiger partial charge in [-0.2, -0.15) is 0 Å². The summed E-state index contributed by atoms with van der Waals surface area (Å²) in [4.78, 5) is 0. The van der Waals surface area contributed by atoms with Gasteiger partial charge in [-0.1, -0.05) is 56.3 Å². The molecular formula is C17H20N. The standard InChI is InChI=1S/C17H20N/c1-13(2)16-10-8-15(9-11-16)12-18-17-7-5-4-6-14(17)3/h4-11,13,18H,3,12H2,1-2H3. The van der Waals surface area contributed by atoms with E-state index in [1.165, 1.54) is 11.1 Å². The predicted molar refractivity (Wildman–Crippen MR) is 78.8 cm³/mol. The Morgan fingerprint density at radius 1 is 1.00 bits per heavy atom. The van der Waals surface area contributed by atoms with Crippen molar-refractivity contribution in [3.8, 4) is 0 Å². The zero-order valence-electron chi connectivity index (χ0n) is 11.1. The summed E-state index contributed by atoms with van der Waals surface area (Å²) in [6.07, 6.45) is 0. The Labute approximate surface area is 110 Å². The van der Waals surface area contributed by atoms with E-state index in [4.69, 9.17) is 0 Å². The number of rotatable bonds is 4. The van der Waals surface area contributed by atoms with Crippen molar-refractivity contribution in [2.45, 2.75) is 26.3 Å². The van der Waals surface area contributed by atoms with Crippen LogP contribution in [0, 0.1) is 6.92 Å². The number of hydrogen-bond donors (Lipinski definition) is 1. The van der Waals surface area contributed by atoms with Crippen LogP contribution in [0.3, 0.4) is 0 Å².